The van der Waals surface area contributed by atoms with Crippen LogP contribution in [0.2, 0.25) is 0 Å². The molecule has 0 saturated heterocycles. The molecular weight excluding hydrogens is 363 g/mol. The number of carbonyl (C=O) groups excluding carboxylic acids is 2. The Morgan fingerprint density at radius 2 is 1.70 bits per heavy atom. The molecule has 0 aliphatic carbocycles. The first-order valence-corrected chi connectivity index (χ1v) is 7.96. The molecule has 0 unspecified atom stereocenters. The molecule has 0 bridgehead atoms. The lowest BCUT2D eigenvalue weighted by Gasteiger charge is -2.16. The first kappa shape index (κ1) is 18.5. The third-order valence-corrected chi connectivity index (χ3v) is 3.95. The number of carbonyl (C=O) groups is 2. The Morgan fingerprint density at radius 1 is 1.04 bits per heavy atom. The number of aliphatic hydroxyl groups excluding tert-OH is 1. The zero-order valence-electron chi connectivity index (χ0n) is 14.1. The highest BCUT2D eigenvalue weighted by Gasteiger charge is 2.41. The van der Waals surface area contributed by atoms with E-state index in [1.54, 1.807) is 19.1 Å². The second-order valence-electron chi connectivity index (χ2n) is 5.67. The molecule has 2 amide bonds. The van der Waals surface area contributed by atoms with Gasteiger partial charge in [0.05, 0.1) is 23.4 Å². The molecule has 0 spiro atoms. The van der Waals surface area contributed by atoms with Gasteiger partial charge >= 0.3 is 12.1 Å². The van der Waals surface area contributed by atoms with E-state index < -0.39 is 29.3 Å². The first-order valence-electron chi connectivity index (χ1n) is 7.96. The minimum atomic E-state index is -4.63. The second-order valence-corrected chi connectivity index (χ2v) is 5.67. The molecule has 0 aromatic heterocycles. The van der Waals surface area contributed by atoms with Gasteiger partial charge in [0.2, 0.25) is 0 Å². The minimum Gasteiger partial charge on any atom is -0.502 e. The van der Waals surface area contributed by atoms with Gasteiger partial charge in [-0.15, -0.1) is 0 Å². The predicted octanol–water partition coefficient (Wildman–Crippen LogP) is 3.95. The van der Waals surface area contributed by atoms with Crippen molar-refractivity contribution in [2.45, 2.75) is 13.1 Å². The van der Waals surface area contributed by atoms with Crippen LogP contribution in [0.5, 0.6) is 5.75 Å². The monoisotopic (exact) mass is 377 g/mol. The summed E-state index contributed by atoms with van der Waals surface area (Å²) in [6, 6.07) is 9.88. The Labute approximate surface area is 152 Å². The van der Waals surface area contributed by atoms with E-state index in [2.05, 4.69) is 0 Å². The van der Waals surface area contributed by atoms with Gasteiger partial charge in [-0.2, -0.15) is 13.2 Å². The number of rotatable bonds is 4. The van der Waals surface area contributed by atoms with Crippen molar-refractivity contribution in [2.75, 3.05) is 11.5 Å². The third kappa shape index (κ3) is 3.38. The van der Waals surface area contributed by atoms with Crippen LogP contribution in [0.15, 0.2) is 54.3 Å². The van der Waals surface area contributed by atoms with Gasteiger partial charge < -0.3 is 9.84 Å². The number of anilines is 1. The Morgan fingerprint density at radius 3 is 2.30 bits per heavy atom. The van der Waals surface area contributed by atoms with E-state index in [1.807, 2.05) is 0 Å². The molecule has 5 nitrogen and oxygen atoms in total. The number of hydrogen-bond donors (Lipinski definition) is 1. The van der Waals surface area contributed by atoms with Crippen LogP contribution in [0.3, 0.4) is 0 Å². The SMILES string of the molecule is CCOc1ccc(C2=C(O)C(=O)N(c3cccc(C(F)(F)F)c3)C2=O)cc1. The quantitative estimate of drug-likeness (QED) is 0.820. The van der Waals surface area contributed by atoms with Crippen LogP contribution in [0.4, 0.5) is 18.9 Å². The normalized spacial score (nSPS) is 14.9. The maximum absolute atomic E-state index is 12.9. The number of benzene rings is 2. The van der Waals surface area contributed by atoms with Crippen LogP contribution >= 0.6 is 0 Å². The molecule has 0 atom stereocenters. The van der Waals surface area contributed by atoms with Crippen LogP contribution in [-0.4, -0.2) is 23.5 Å². The molecule has 2 aromatic carbocycles. The third-order valence-electron chi connectivity index (χ3n) is 3.95. The lowest BCUT2D eigenvalue weighted by Crippen LogP contribution is -2.31. The molecule has 1 N–H and O–H groups in total. The van der Waals surface area contributed by atoms with E-state index in [9.17, 15) is 27.9 Å². The second kappa shape index (κ2) is 6.79. The van der Waals surface area contributed by atoms with E-state index in [4.69, 9.17) is 4.74 Å². The van der Waals surface area contributed by atoms with E-state index in [0.29, 0.717) is 23.3 Å². The Balaban J connectivity index is 1.97. The van der Waals surface area contributed by atoms with E-state index in [1.165, 1.54) is 18.2 Å². The van der Waals surface area contributed by atoms with E-state index in [0.717, 1.165) is 12.1 Å². The van der Waals surface area contributed by atoms with Crippen molar-refractivity contribution in [3.8, 4) is 5.75 Å². The fraction of sp³-hybridized carbons (Fsp3) is 0.158. The smallest absolute Gasteiger partial charge is 0.416 e. The number of hydrogen-bond acceptors (Lipinski definition) is 4. The number of aliphatic hydroxyl groups is 1. The summed E-state index contributed by atoms with van der Waals surface area (Å²) in [6.45, 7) is 2.24. The fourth-order valence-electron chi connectivity index (χ4n) is 2.72. The first-order chi connectivity index (χ1) is 12.7. The summed E-state index contributed by atoms with van der Waals surface area (Å²) in [5.74, 6) is -2.27. The topological polar surface area (TPSA) is 66.8 Å². The molecule has 1 aliphatic rings. The number of halogens is 3. The van der Waals surface area contributed by atoms with Gasteiger partial charge in [-0.05, 0) is 42.8 Å². The van der Waals surface area contributed by atoms with Crippen LogP contribution in [0, 0.1) is 0 Å². The lowest BCUT2D eigenvalue weighted by atomic mass is 10.1. The number of ether oxygens (including phenoxy) is 1. The molecule has 1 heterocycles. The Bertz CT molecular complexity index is 933. The average molecular weight is 377 g/mol. The van der Waals surface area contributed by atoms with Crippen LogP contribution in [0.25, 0.3) is 5.57 Å². The van der Waals surface area contributed by atoms with Crippen molar-refractivity contribution in [3.63, 3.8) is 0 Å². The molecule has 2 aromatic rings. The summed E-state index contributed by atoms with van der Waals surface area (Å²) >= 11 is 0. The van der Waals surface area contributed by atoms with Crippen molar-refractivity contribution in [3.05, 3.63) is 65.4 Å². The summed E-state index contributed by atoms with van der Waals surface area (Å²) in [5, 5.41) is 10.1. The van der Waals surface area contributed by atoms with Gasteiger partial charge in [0, 0.05) is 0 Å². The molecule has 1 aliphatic heterocycles. The highest BCUT2D eigenvalue weighted by atomic mass is 19.4. The van der Waals surface area contributed by atoms with Gasteiger partial charge in [0.25, 0.3) is 5.91 Å². The number of nitrogens with zero attached hydrogens (tertiary/aromatic N) is 1. The number of amides is 2. The van der Waals surface area contributed by atoms with E-state index in [-0.39, 0.29) is 16.8 Å². The molecule has 0 radical (unpaired) electrons. The van der Waals surface area contributed by atoms with Crippen molar-refractivity contribution in [2.24, 2.45) is 0 Å². The van der Waals surface area contributed by atoms with E-state index >= 15 is 0 Å². The maximum atomic E-state index is 12.9. The summed E-state index contributed by atoms with van der Waals surface area (Å²) in [6.07, 6.45) is -4.63. The van der Waals surface area contributed by atoms with Crippen molar-refractivity contribution >= 4 is 23.1 Å². The fourth-order valence-corrected chi connectivity index (χ4v) is 2.72. The minimum absolute atomic E-state index is 0.253. The molecular formula is C19H14F3NO4. The average Bonchev–Trinajstić information content (AvgIpc) is 2.85. The van der Waals surface area contributed by atoms with Gasteiger partial charge in [0.15, 0.2) is 5.76 Å². The molecule has 27 heavy (non-hydrogen) atoms. The van der Waals surface area contributed by atoms with Crippen molar-refractivity contribution in [1.29, 1.82) is 0 Å². The van der Waals surface area contributed by atoms with Gasteiger partial charge in [0.1, 0.15) is 5.75 Å². The van der Waals surface area contributed by atoms with Gasteiger partial charge in [-0.3, -0.25) is 9.59 Å². The van der Waals surface area contributed by atoms with Crippen LogP contribution in [0.1, 0.15) is 18.1 Å². The highest BCUT2D eigenvalue weighted by molar-refractivity contribution is 6.44. The van der Waals surface area contributed by atoms with Crippen molar-refractivity contribution in [1.82, 2.24) is 0 Å². The van der Waals surface area contributed by atoms with Crippen molar-refractivity contribution < 1.29 is 32.6 Å². The predicted molar refractivity (Wildman–Crippen MR) is 91.1 cm³/mol. The summed E-state index contributed by atoms with van der Waals surface area (Å²) in [7, 11) is 0. The van der Waals surface area contributed by atoms with Crippen LogP contribution < -0.4 is 9.64 Å². The van der Waals surface area contributed by atoms with Gasteiger partial charge in [-0.1, -0.05) is 18.2 Å². The number of alkyl halides is 3. The standard InChI is InChI=1S/C19H14F3NO4/c1-2-27-14-8-6-11(7-9-14)15-16(24)18(26)23(17(15)25)13-5-3-4-12(10-13)19(20,21)22/h3-10,24H,2H2,1H3. The zero-order chi connectivity index (χ0) is 19.8. The van der Waals surface area contributed by atoms with Crippen LogP contribution in [-0.2, 0) is 15.8 Å². The molecule has 0 saturated carbocycles. The van der Waals surface area contributed by atoms with Gasteiger partial charge in [-0.25, -0.2) is 4.90 Å². The maximum Gasteiger partial charge on any atom is 0.416 e. The summed E-state index contributed by atoms with van der Waals surface area (Å²) in [4.78, 5) is 25.5. The Hall–Kier alpha value is -3.29. The largest absolute Gasteiger partial charge is 0.502 e. The zero-order valence-corrected chi connectivity index (χ0v) is 14.1. The molecule has 8 heteroatoms. The summed E-state index contributed by atoms with van der Waals surface area (Å²) in [5.41, 5.74) is -1.30. The number of imide groups is 1. The molecule has 0 fully saturated rings. The highest BCUT2D eigenvalue weighted by Crippen LogP contribution is 2.36. The summed E-state index contributed by atoms with van der Waals surface area (Å²) < 4.78 is 44.0. The molecule has 140 valence electrons. The lowest BCUT2D eigenvalue weighted by molar-refractivity contribution is -0.137. The molecule has 3 rings (SSSR count). The Kier molecular flexibility index (Phi) is 4.65.